The van der Waals surface area contributed by atoms with Crippen molar-refractivity contribution in [3.63, 3.8) is 0 Å². The summed E-state index contributed by atoms with van der Waals surface area (Å²) >= 11 is 0. The molecule has 0 radical (unpaired) electrons. The standard InChI is InChI=1S/C10H7F4NO3/c1-5(16)15-6-2-3-7-8(4-6)18-10(13,14)9(11,12)17-7/h2-4H,1H3,(H,15,16). The molecule has 1 aliphatic heterocycles. The quantitative estimate of drug-likeness (QED) is 0.794. The van der Waals surface area contributed by atoms with Crippen molar-refractivity contribution in [3.05, 3.63) is 18.2 Å². The highest BCUT2D eigenvalue weighted by Gasteiger charge is 2.65. The highest BCUT2D eigenvalue weighted by Crippen LogP contribution is 2.47. The first-order valence-corrected chi connectivity index (χ1v) is 4.76. The normalized spacial score (nSPS) is 19.2. The van der Waals surface area contributed by atoms with E-state index < -0.39 is 29.6 Å². The Balaban J connectivity index is 2.36. The molecule has 0 saturated carbocycles. The van der Waals surface area contributed by atoms with Gasteiger partial charge in [-0.2, -0.15) is 17.6 Å². The average molecular weight is 265 g/mol. The molecule has 1 N–H and O–H groups in total. The van der Waals surface area contributed by atoms with Gasteiger partial charge in [0.05, 0.1) is 0 Å². The number of alkyl halides is 4. The number of halogens is 4. The van der Waals surface area contributed by atoms with Crippen molar-refractivity contribution < 1.29 is 31.8 Å². The van der Waals surface area contributed by atoms with Crippen LogP contribution in [-0.2, 0) is 4.79 Å². The third kappa shape index (κ3) is 2.05. The second kappa shape index (κ2) is 3.76. The van der Waals surface area contributed by atoms with E-state index in [2.05, 4.69) is 14.8 Å². The maximum atomic E-state index is 12.9. The second-order valence-corrected chi connectivity index (χ2v) is 3.58. The van der Waals surface area contributed by atoms with Crippen LogP contribution in [0.25, 0.3) is 0 Å². The van der Waals surface area contributed by atoms with E-state index >= 15 is 0 Å². The molecule has 1 heterocycles. The minimum atomic E-state index is -4.77. The SMILES string of the molecule is CC(=O)Nc1ccc2c(c1)OC(F)(F)C(F)(F)O2. The third-order valence-corrected chi connectivity index (χ3v) is 2.08. The number of carbonyl (C=O) groups excluding carboxylic acids is 1. The van der Waals surface area contributed by atoms with Gasteiger partial charge >= 0.3 is 12.2 Å². The minimum Gasteiger partial charge on any atom is -0.421 e. The van der Waals surface area contributed by atoms with Gasteiger partial charge in [-0.05, 0) is 12.1 Å². The van der Waals surface area contributed by atoms with Crippen LogP contribution in [0.1, 0.15) is 6.92 Å². The summed E-state index contributed by atoms with van der Waals surface area (Å²) in [6.45, 7) is 1.21. The van der Waals surface area contributed by atoms with Gasteiger partial charge in [0, 0.05) is 18.7 Å². The third-order valence-electron chi connectivity index (χ3n) is 2.08. The number of fused-ring (bicyclic) bond motifs is 1. The Morgan fingerprint density at radius 1 is 1.11 bits per heavy atom. The van der Waals surface area contributed by atoms with Gasteiger partial charge in [-0.1, -0.05) is 0 Å². The van der Waals surface area contributed by atoms with Crippen LogP contribution >= 0.6 is 0 Å². The van der Waals surface area contributed by atoms with Crippen molar-refractivity contribution in [2.24, 2.45) is 0 Å². The number of rotatable bonds is 1. The molecule has 0 spiro atoms. The van der Waals surface area contributed by atoms with Gasteiger partial charge in [-0.25, -0.2) is 0 Å². The zero-order valence-corrected chi connectivity index (χ0v) is 8.97. The molecular formula is C10H7F4NO3. The largest absolute Gasteiger partial charge is 0.507 e. The first-order chi connectivity index (χ1) is 8.21. The van der Waals surface area contributed by atoms with Gasteiger partial charge in [0.25, 0.3) is 0 Å². The lowest BCUT2D eigenvalue weighted by molar-refractivity contribution is -0.391. The van der Waals surface area contributed by atoms with Crippen molar-refractivity contribution in [3.8, 4) is 11.5 Å². The number of amides is 1. The van der Waals surface area contributed by atoms with E-state index in [1.807, 2.05) is 0 Å². The second-order valence-electron chi connectivity index (χ2n) is 3.58. The summed E-state index contributed by atoms with van der Waals surface area (Å²) in [7, 11) is 0. The van der Waals surface area contributed by atoms with Crippen molar-refractivity contribution in [1.29, 1.82) is 0 Å². The molecule has 0 aliphatic carbocycles. The molecule has 0 unspecified atom stereocenters. The van der Waals surface area contributed by atoms with Gasteiger partial charge in [-0.15, -0.1) is 0 Å². The van der Waals surface area contributed by atoms with E-state index in [-0.39, 0.29) is 5.69 Å². The first-order valence-electron chi connectivity index (χ1n) is 4.76. The Kier molecular flexibility index (Phi) is 2.60. The van der Waals surface area contributed by atoms with Crippen LogP contribution in [0, 0.1) is 0 Å². The molecule has 0 atom stereocenters. The van der Waals surface area contributed by atoms with Crippen molar-refractivity contribution >= 4 is 11.6 Å². The summed E-state index contributed by atoms with van der Waals surface area (Å²) < 4.78 is 59.1. The van der Waals surface area contributed by atoms with Gasteiger partial charge in [-0.3, -0.25) is 4.79 Å². The molecule has 1 aromatic carbocycles. The van der Waals surface area contributed by atoms with Crippen LogP contribution in [0.15, 0.2) is 18.2 Å². The predicted octanol–water partition coefficient (Wildman–Crippen LogP) is 2.60. The highest BCUT2D eigenvalue weighted by atomic mass is 19.3. The van der Waals surface area contributed by atoms with E-state index in [0.29, 0.717) is 0 Å². The topological polar surface area (TPSA) is 47.6 Å². The van der Waals surface area contributed by atoms with Gasteiger partial charge in [0.2, 0.25) is 5.91 Å². The van der Waals surface area contributed by atoms with Crippen LogP contribution in [-0.4, -0.2) is 18.1 Å². The zero-order valence-electron chi connectivity index (χ0n) is 8.97. The van der Waals surface area contributed by atoms with Crippen LogP contribution in [0.4, 0.5) is 23.2 Å². The van der Waals surface area contributed by atoms with E-state index in [1.54, 1.807) is 0 Å². The average Bonchev–Trinajstić information content (AvgIpc) is 2.18. The maximum absolute atomic E-state index is 12.9. The summed E-state index contributed by atoms with van der Waals surface area (Å²) in [5.74, 6) is -1.54. The van der Waals surface area contributed by atoms with Crippen molar-refractivity contribution in [2.75, 3.05) is 5.32 Å². The van der Waals surface area contributed by atoms with E-state index in [4.69, 9.17) is 0 Å². The van der Waals surface area contributed by atoms with E-state index in [1.165, 1.54) is 13.0 Å². The molecule has 2 rings (SSSR count). The zero-order chi connectivity index (χ0) is 13.6. The molecule has 0 aromatic heterocycles. The first kappa shape index (κ1) is 12.5. The molecule has 1 amide bonds. The summed E-state index contributed by atoms with van der Waals surface area (Å²) in [5, 5.41) is 2.30. The lowest BCUT2D eigenvalue weighted by Gasteiger charge is -2.31. The lowest BCUT2D eigenvalue weighted by Crippen LogP contribution is -2.52. The molecule has 1 aromatic rings. The Hall–Kier alpha value is -1.99. The van der Waals surface area contributed by atoms with Gasteiger partial charge < -0.3 is 14.8 Å². The number of anilines is 1. The van der Waals surface area contributed by atoms with Crippen LogP contribution < -0.4 is 14.8 Å². The number of hydrogen-bond donors (Lipinski definition) is 1. The Labute approximate surface area is 98.5 Å². The lowest BCUT2D eigenvalue weighted by atomic mass is 10.2. The van der Waals surface area contributed by atoms with Crippen molar-refractivity contribution in [1.82, 2.24) is 0 Å². The number of ether oxygens (including phenoxy) is 2. The Morgan fingerprint density at radius 2 is 1.67 bits per heavy atom. The van der Waals surface area contributed by atoms with E-state index in [9.17, 15) is 22.4 Å². The monoisotopic (exact) mass is 265 g/mol. The van der Waals surface area contributed by atoms with Gasteiger partial charge in [0.1, 0.15) is 0 Å². The summed E-state index contributed by atoms with van der Waals surface area (Å²) in [6, 6.07) is 3.20. The molecule has 0 saturated heterocycles. The van der Waals surface area contributed by atoms with Crippen LogP contribution in [0.2, 0.25) is 0 Å². The minimum absolute atomic E-state index is 0.130. The fourth-order valence-corrected chi connectivity index (χ4v) is 1.35. The molecule has 18 heavy (non-hydrogen) atoms. The van der Waals surface area contributed by atoms with Crippen LogP contribution in [0.5, 0.6) is 11.5 Å². The Bertz CT molecular complexity index is 504. The summed E-state index contributed by atoms with van der Waals surface area (Å²) in [4.78, 5) is 10.8. The highest BCUT2D eigenvalue weighted by molar-refractivity contribution is 5.89. The number of nitrogens with one attached hydrogen (secondary N) is 1. The Morgan fingerprint density at radius 3 is 2.22 bits per heavy atom. The fourth-order valence-electron chi connectivity index (χ4n) is 1.35. The van der Waals surface area contributed by atoms with Crippen molar-refractivity contribution in [2.45, 2.75) is 19.1 Å². The van der Waals surface area contributed by atoms with Gasteiger partial charge in [0.15, 0.2) is 11.5 Å². The predicted molar refractivity (Wildman–Crippen MR) is 51.9 cm³/mol. The number of hydrogen-bond acceptors (Lipinski definition) is 3. The smallest absolute Gasteiger partial charge is 0.421 e. The number of benzene rings is 1. The molecule has 0 bridgehead atoms. The molecule has 8 heteroatoms. The van der Waals surface area contributed by atoms with Crippen LogP contribution in [0.3, 0.4) is 0 Å². The summed E-state index contributed by atoms with van der Waals surface area (Å²) in [5.41, 5.74) is 0.130. The molecular weight excluding hydrogens is 258 g/mol. The fraction of sp³-hybridized carbons (Fsp3) is 0.300. The number of carbonyl (C=O) groups is 1. The van der Waals surface area contributed by atoms with E-state index in [0.717, 1.165) is 12.1 Å². The molecule has 98 valence electrons. The molecule has 0 fully saturated rings. The summed E-state index contributed by atoms with van der Waals surface area (Å²) in [6.07, 6.45) is -9.51. The molecule has 1 aliphatic rings. The maximum Gasteiger partial charge on any atom is 0.507 e. The molecule has 4 nitrogen and oxygen atoms in total.